The molecule has 0 atom stereocenters. The second-order valence-corrected chi connectivity index (χ2v) is 8.76. The van der Waals surface area contributed by atoms with Crippen LogP contribution in [0.2, 0.25) is 0 Å². The molecular formula is C22H13F5N2O3S. The highest BCUT2D eigenvalue weighted by atomic mass is 32.2. The molecule has 0 fully saturated rings. The van der Waals surface area contributed by atoms with E-state index in [9.17, 15) is 35.2 Å². The molecule has 0 bridgehead atoms. The molecule has 2 N–H and O–H groups in total. The van der Waals surface area contributed by atoms with Crippen molar-refractivity contribution < 1.29 is 35.2 Å². The third kappa shape index (κ3) is 4.58. The summed E-state index contributed by atoms with van der Waals surface area (Å²) in [6.07, 6.45) is -3.28. The summed E-state index contributed by atoms with van der Waals surface area (Å²) in [6, 6.07) is 10.2. The molecule has 1 aliphatic heterocycles. The van der Waals surface area contributed by atoms with Gasteiger partial charge in [-0.2, -0.15) is 13.2 Å². The Morgan fingerprint density at radius 2 is 1.58 bits per heavy atom. The lowest BCUT2D eigenvalue weighted by molar-refractivity contribution is -0.137. The van der Waals surface area contributed by atoms with Gasteiger partial charge in [0.15, 0.2) is 11.6 Å². The molecule has 3 aromatic carbocycles. The minimum absolute atomic E-state index is 0.0302. The summed E-state index contributed by atoms with van der Waals surface area (Å²) in [6.45, 7) is 0. The van der Waals surface area contributed by atoms with Gasteiger partial charge in [0.2, 0.25) is 0 Å². The standard InChI is InChI=1S/C22H13F5N2O3S/c23-18-7-1-12(10-19(18)24)9-17-16-11-15(6-8-20(16)28-21(17)30)33(31,32)29-14-4-2-13(3-5-14)22(25,26)27/h1-11,29H,(H,28,30). The van der Waals surface area contributed by atoms with Crippen LogP contribution in [-0.4, -0.2) is 14.3 Å². The van der Waals surface area contributed by atoms with Crippen LogP contribution < -0.4 is 10.0 Å². The molecule has 0 aromatic heterocycles. The Labute approximate surface area is 184 Å². The largest absolute Gasteiger partial charge is 0.416 e. The fraction of sp³-hybridized carbons (Fsp3) is 0.0455. The number of nitrogens with one attached hydrogen (secondary N) is 2. The first-order chi connectivity index (χ1) is 15.4. The van der Waals surface area contributed by atoms with E-state index in [2.05, 4.69) is 10.0 Å². The van der Waals surface area contributed by atoms with Crippen LogP contribution in [0.15, 0.2) is 65.6 Å². The summed E-state index contributed by atoms with van der Waals surface area (Å²) in [5.41, 5.74) is -0.289. The number of fused-ring (bicyclic) bond motifs is 1. The van der Waals surface area contributed by atoms with Gasteiger partial charge in [0.05, 0.1) is 10.5 Å². The number of amides is 1. The molecule has 1 amide bonds. The van der Waals surface area contributed by atoms with Crippen LogP contribution in [0.4, 0.5) is 33.3 Å². The van der Waals surface area contributed by atoms with Gasteiger partial charge in [-0.3, -0.25) is 9.52 Å². The van der Waals surface area contributed by atoms with E-state index >= 15 is 0 Å². The van der Waals surface area contributed by atoms with Gasteiger partial charge in [-0.05, 0) is 66.2 Å². The first kappa shape index (κ1) is 22.5. The Hall–Kier alpha value is -3.73. The van der Waals surface area contributed by atoms with Crippen LogP contribution in [-0.2, 0) is 21.0 Å². The van der Waals surface area contributed by atoms with E-state index in [1.807, 2.05) is 0 Å². The molecule has 1 aliphatic rings. The Balaban J connectivity index is 1.66. The monoisotopic (exact) mass is 480 g/mol. The van der Waals surface area contributed by atoms with Crippen LogP contribution in [0.3, 0.4) is 0 Å². The topological polar surface area (TPSA) is 75.3 Å². The molecule has 0 saturated heterocycles. The van der Waals surface area contributed by atoms with Crippen LogP contribution in [0.25, 0.3) is 11.6 Å². The van der Waals surface area contributed by atoms with Crippen molar-refractivity contribution in [1.82, 2.24) is 0 Å². The minimum Gasteiger partial charge on any atom is -0.321 e. The number of benzene rings is 3. The number of hydrogen-bond acceptors (Lipinski definition) is 3. The van der Waals surface area contributed by atoms with Crippen LogP contribution in [0.1, 0.15) is 16.7 Å². The number of halogens is 5. The van der Waals surface area contributed by atoms with Gasteiger partial charge in [0, 0.05) is 22.5 Å². The normalized spacial score (nSPS) is 14.8. The Morgan fingerprint density at radius 3 is 2.21 bits per heavy atom. The summed E-state index contributed by atoms with van der Waals surface area (Å²) in [5.74, 6) is -2.74. The quantitative estimate of drug-likeness (QED) is 0.394. The average Bonchev–Trinajstić information content (AvgIpc) is 3.04. The van der Waals surface area contributed by atoms with Crippen molar-refractivity contribution in [1.29, 1.82) is 0 Å². The number of carbonyl (C=O) groups is 1. The molecule has 0 unspecified atom stereocenters. The average molecular weight is 480 g/mol. The molecule has 0 spiro atoms. The lowest BCUT2D eigenvalue weighted by Gasteiger charge is -2.11. The van der Waals surface area contributed by atoms with Crippen molar-refractivity contribution in [3.8, 4) is 0 Å². The summed E-state index contributed by atoms with van der Waals surface area (Å²) in [7, 11) is -4.22. The van der Waals surface area contributed by atoms with Crippen molar-refractivity contribution in [2.75, 3.05) is 10.0 Å². The summed E-state index contributed by atoms with van der Waals surface area (Å²) < 4.78 is 92.5. The maximum atomic E-state index is 13.5. The molecule has 0 saturated carbocycles. The fourth-order valence-electron chi connectivity index (χ4n) is 3.19. The van der Waals surface area contributed by atoms with Crippen LogP contribution in [0.5, 0.6) is 0 Å². The van der Waals surface area contributed by atoms with Crippen molar-refractivity contribution in [3.63, 3.8) is 0 Å². The second kappa shape index (κ2) is 8.00. The molecule has 5 nitrogen and oxygen atoms in total. The third-order valence-electron chi connectivity index (χ3n) is 4.80. The molecule has 4 rings (SSSR count). The Morgan fingerprint density at radius 1 is 0.879 bits per heavy atom. The van der Waals surface area contributed by atoms with Gasteiger partial charge in [-0.15, -0.1) is 0 Å². The number of rotatable bonds is 4. The number of hydrogen-bond donors (Lipinski definition) is 2. The number of sulfonamides is 1. The molecule has 11 heteroatoms. The van der Waals surface area contributed by atoms with Crippen molar-refractivity contribution in [2.24, 2.45) is 0 Å². The lowest BCUT2D eigenvalue weighted by atomic mass is 10.0. The highest BCUT2D eigenvalue weighted by molar-refractivity contribution is 7.92. The predicted molar refractivity (Wildman–Crippen MR) is 112 cm³/mol. The fourth-order valence-corrected chi connectivity index (χ4v) is 4.27. The zero-order valence-electron chi connectivity index (χ0n) is 16.4. The first-order valence-corrected chi connectivity index (χ1v) is 10.7. The molecule has 170 valence electrons. The smallest absolute Gasteiger partial charge is 0.321 e. The molecule has 33 heavy (non-hydrogen) atoms. The van der Waals surface area contributed by atoms with Gasteiger partial charge in [-0.1, -0.05) is 6.07 Å². The highest BCUT2D eigenvalue weighted by Crippen LogP contribution is 2.35. The number of anilines is 2. The maximum Gasteiger partial charge on any atom is 0.416 e. The summed E-state index contributed by atoms with van der Waals surface area (Å²) in [4.78, 5) is 12.1. The number of carbonyl (C=O) groups excluding carboxylic acids is 1. The van der Waals surface area contributed by atoms with Gasteiger partial charge in [-0.25, -0.2) is 17.2 Å². The van der Waals surface area contributed by atoms with E-state index in [0.717, 1.165) is 36.4 Å². The van der Waals surface area contributed by atoms with Crippen molar-refractivity contribution in [3.05, 3.63) is 89.0 Å². The summed E-state index contributed by atoms with van der Waals surface area (Å²) in [5, 5.41) is 2.55. The Bertz CT molecular complexity index is 1400. The van der Waals surface area contributed by atoms with E-state index < -0.39 is 39.3 Å². The first-order valence-electron chi connectivity index (χ1n) is 9.27. The zero-order chi connectivity index (χ0) is 24.0. The molecule has 0 aliphatic carbocycles. The van der Waals surface area contributed by atoms with E-state index in [4.69, 9.17) is 0 Å². The van der Waals surface area contributed by atoms with E-state index in [-0.39, 0.29) is 27.3 Å². The van der Waals surface area contributed by atoms with Crippen molar-refractivity contribution in [2.45, 2.75) is 11.1 Å². The van der Waals surface area contributed by atoms with Crippen LogP contribution >= 0.6 is 0 Å². The minimum atomic E-state index is -4.56. The van der Waals surface area contributed by atoms with Gasteiger partial charge >= 0.3 is 6.18 Å². The SMILES string of the molecule is O=C1Nc2ccc(S(=O)(=O)Nc3ccc(C(F)(F)F)cc3)cc2C1=Cc1ccc(F)c(F)c1. The molecular weight excluding hydrogens is 467 g/mol. The molecule has 1 heterocycles. The highest BCUT2D eigenvalue weighted by Gasteiger charge is 2.30. The summed E-state index contributed by atoms with van der Waals surface area (Å²) >= 11 is 0. The van der Waals surface area contributed by atoms with E-state index in [0.29, 0.717) is 5.69 Å². The van der Waals surface area contributed by atoms with Gasteiger partial charge in [0.25, 0.3) is 15.9 Å². The molecule has 3 aromatic rings. The van der Waals surface area contributed by atoms with Crippen molar-refractivity contribution >= 4 is 39.0 Å². The van der Waals surface area contributed by atoms with Gasteiger partial charge < -0.3 is 5.32 Å². The van der Waals surface area contributed by atoms with Crippen LogP contribution in [0, 0.1) is 11.6 Å². The molecule has 0 radical (unpaired) electrons. The van der Waals surface area contributed by atoms with Gasteiger partial charge in [0.1, 0.15) is 0 Å². The van der Waals surface area contributed by atoms with E-state index in [1.165, 1.54) is 30.3 Å². The zero-order valence-corrected chi connectivity index (χ0v) is 17.2. The maximum absolute atomic E-state index is 13.5. The van der Waals surface area contributed by atoms with E-state index in [1.54, 1.807) is 0 Å². The Kier molecular flexibility index (Phi) is 5.44. The lowest BCUT2D eigenvalue weighted by Crippen LogP contribution is -2.13. The second-order valence-electron chi connectivity index (χ2n) is 7.07. The predicted octanol–water partition coefficient (Wildman–Crippen LogP) is 5.28. The third-order valence-corrected chi connectivity index (χ3v) is 6.18. The number of alkyl halides is 3.